The molecule has 0 bridgehead atoms. The van der Waals surface area contributed by atoms with Gasteiger partial charge in [-0.05, 0) is 11.6 Å². The molecular formula is C7H12N2. The maximum atomic E-state index is 5.41. The largest absolute Gasteiger partial charge is 0.391 e. The van der Waals surface area contributed by atoms with Gasteiger partial charge in [0.15, 0.2) is 0 Å². The summed E-state index contributed by atoms with van der Waals surface area (Å²) < 4.78 is 0. The Labute approximate surface area is 55.4 Å². The summed E-state index contributed by atoms with van der Waals surface area (Å²) in [5, 5.41) is 3.08. The van der Waals surface area contributed by atoms with Crippen LogP contribution in [0.25, 0.3) is 0 Å². The van der Waals surface area contributed by atoms with Gasteiger partial charge < -0.3 is 11.1 Å². The molecule has 50 valence electrons. The van der Waals surface area contributed by atoms with E-state index in [2.05, 4.69) is 17.5 Å². The molecule has 0 aromatic rings. The van der Waals surface area contributed by atoms with Crippen LogP contribution in [0.4, 0.5) is 0 Å². The minimum Gasteiger partial charge on any atom is -0.391 e. The highest BCUT2D eigenvalue weighted by Crippen LogP contribution is 2.12. The third-order valence-corrected chi connectivity index (χ3v) is 1.50. The molecule has 0 aromatic carbocycles. The van der Waals surface area contributed by atoms with Crippen molar-refractivity contribution in [3.8, 4) is 0 Å². The molecule has 0 spiro atoms. The molecule has 2 heteroatoms. The van der Waals surface area contributed by atoms with Crippen LogP contribution in [0.2, 0.25) is 0 Å². The van der Waals surface area contributed by atoms with Crippen LogP contribution < -0.4 is 11.1 Å². The summed E-state index contributed by atoms with van der Waals surface area (Å²) >= 11 is 0. The van der Waals surface area contributed by atoms with Crippen molar-refractivity contribution in [2.45, 2.75) is 6.42 Å². The first-order chi connectivity index (χ1) is 4.36. The van der Waals surface area contributed by atoms with Gasteiger partial charge in [0.1, 0.15) is 0 Å². The number of nitrogens with two attached hydrogens (primary N) is 1. The standard InChI is InChI=1S/C7H12N2/c1-9-7-3-2-6(4-7)5-8/h2,4,9H,3,5,8H2,1H3. The smallest absolute Gasteiger partial charge is 0.0175 e. The van der Waals surface area contributed by atoms with Crippen LogP contribution in [0.1, 0.15) is 6.42 Å². The van der Waals surface area contributed by atoms with Gasteiger partial charge in [0.2, 0.25) is 0 Å². The summed E-state index contributed by atoms with van der Waals surface area (Å²) in [7, 11) is 1.93. The van der Waals surface area contributed by atoms with Crippen LogP contribution in [-0.4, -0.2) is 13.6 Å². The molecule has 0 unspecified atom stereocenters. The Hall–Kier alpha value is -0.760. The van der Waals surface area contributed by atoms with Gasteiger partial charge in [-0.1, -0.05) is 6.08 Å². The van der Waals surface area contributed by atoms with Crippen LogP contribution >= 0.6 is 0 Å². The molecular weight excluding hydrogens is 112 g/mol. The molecule has 0 saturated carbocycles. The lowest BCUT2D eigenvalue weighted by Crippen LogP contribution is -2.03. The Morgan fingerprint density at radius 1 is 1.78 bits per heavy atom. The lowest BCUT2D eigenvalue weighted by atomic mass is 10.3. The zero-order chi connectivity index (χ0) is 6.69. The molecule has 9 heavy (non-hydrogen) atoms. The van der Waals surface area contributed by atoms with Crippen molar-refractivity contribution in [2.75, 3.05) is 13.6 Å². The van der Waals surface area contributed by atoms with Gasteiger partial charge in [-0.15, -0.1) is 0 Å². The van der Waals surface area contributed by atoms with Gasteiger partial charge in [0, 0.05) is 25.7 Å². The highest BCUT2D eigenvalue weighted by Gasteiger charge is 2.01. The number of nitrogens with one attached hydrogen (secondary N) is 1. The van der Waals surface area contributed by atoms with Crippen LogP contribution in [-0.2, 0) is 0 Å². The monoisotopic (exact) mass is 124 g/mol. The van der Waals surface area contributed by atoms with Crippen LogP contribution in [0.5, 0.6) is 0 Å². The fourth-order valence-electron chi connectivity index (χ4n) is 0.899. The summed E-state index contributed by atoms with van der Waals surface area (Å²) in [4.78, 5) is 0. The number of hydrogen-bond donors (Lipinski definition) is 2. The fourth-order valence-corrected chi connectivity index (χ4v) is 0.899. The molecule has 0 aliphatic heterocycles. The van der Waals surface area contributed by atoms with Crippen molar-refractivity contribution in [3.63, 3.8) is 0 Å². The first kappa shape index (κ1) is 6.36. The SMILES string of the molecule is CNC1=CC(CN)=CC1. The molecule has 1 aliphatic rings. The van der Waals surface area contributed by atoms with Crippen LogP contribution in [0.15, 0.2) is 23.4 Å². The second kappa shape index (κ2) is 2.69. The molecule has 1 aliphatic carbocycles. The lowest BCUT2D eigenvalue weighted by Gasteiger charge is -1.95. The van der Waals surface area contributed by atoms with Crippen molar-refractivity contribution in [2.24, 2.45) is 5.73 Å². The van der Waals surface area contributed by atoms with E-state index < -0.39 is 0 Å². The normalized spacial score (nSPS) is 17.1. The number of hydrogen-bond acceptors (Lipinski definition) is 2. The average molecular weight is 124 g/mol. The quantitative estimate of drug-likeness (QED) is 0.558. The predicted molar refractivity (Wildman–Crippen MR) is 38.9 cm³/mol. The third kappa shape index (κ3) is 1.33. The zero-order valence-corrected chi connectivity index (χ0v) is 5.65. The first-order valence-corrected chi connectivity index (χ1v) is 3.14. The van der Waals surface area contributed by atoms with Crippen LogP contribution in [0, 0.1) is 0 Å². The summed E-state index contributed by atoms with van der Waals surface area (Å²) in [5.41, 5.74) is 7.91. The van der Waals surface area contributed by atoms with E-state index in [-0.39, 0.29) is 0 Å². The van der Waals surface area contributed by atoms with Crippen molar-refractivity contribution in [3.05, 3.63) is 23.4 Å². The van der Waals surface area contributed by atoms with Gasteiger partial charge in [0.25, 0.3) is 0 Å². The maximum absolute atomic E-state index is 5.41. The molecule has 0 atom stereocenters. The Morgan fingerprint density at radius 2 is 2.56 bits per heavy atom. The lowest BCUT2D eigenvalue weighted by molar-refractivity contribution is 0.953. The number of allylic oxidation sites excluding steroid dienone is 1. The second-order valence-electron chi connectivity index (χ2n) is 2.11. The molecule has 2 nitrogen and oxygen atoms in total. The Balaban J connectivity index is 2.52. The van der Waals surface area contributed by atoms with E-state index in [1.165, 1.54) is 11.3 Å². The van der Waals surface area contributed by atoms with Gasteiger partial charge in [-0.3, -0.25) is 0 Å². The van der Waals surface area contributed by atoms with Crippen molar-refractivity contribution in [1.29, 1.82) is 0 Å². The van der Waals surface area contributed by atoms with Gasteiger partial charge in [-0.25, -0.2) is 0 Å². The molecule has 0 amide bonds. The van der Waals surface area contributed by atoms with E-state index >= 15 is 0 Å². The minimum atomic E-state index is 0.658. The summed E-state index contributed by atoms with van der Waals surface area (Å²) in [6, 6.07) is 0. The molecule has 1 rings (SSSR count). The Bertz CT molecular complexity index is 156. The van der Waals surface area contributed by atoms with E-state index in [1.54, 1.807) is 0 Å². The van der Waals surface area contributed by atoms with Crippen molar-refractivity contribution < 1.29 is 0 Å². The zero-order valence-electron chi connectivity index (χ0n) is 5.65. The molecule has 0 heterocycles. The third-order valence-electron chi connectivity index (χ3n) is 1.50. The van der Waals surface area contributed by atoms with Crippen molar-refractivity contribution in [1.82, 2.24) is 5.32 Å². The van der Waals surface area contributed by atoms with E-state index in [4.69, 9.17) is 5.73 Å². The van der Waals surface area contributed by atoms with E-state index in [0.717, 1.165) is 6.42 Å². The van der Waals surface area contributed by atoms with Gasteiger partial charge in [-0.2, -0.15) is 0 Å². The molecule has 0 saturated heterocycles. The van der Waals surface area contributed by atoms with Crippen LogP contribution in [0.3, 0.4) is 0 Å². The minimum absolute atomic E-state index is 0.658. The molecule has 0 aromatic heterocycles. The average Bonchev–Trinajstić information content (AvgIpc) is 2.34. The van der Waals surface area contributed by atoms with E-state index in [0.29, 0.717) is 6.54 Å². The summed E-state index contributed by atoms with van der Waals surface area (Å²) in [6.45, 7) is 0.658. The predicted octanol–water partition coefficient (Wildman–Crippen LogP) is 0.379. The summed E-state index contributed by atoms with van der Waals surface area (Å²) in [6.07, 6.45) is 5.26. The highest BCUT2D eigenvalue weighted by molar-refractivity contribution is 5.32. The molecule has 0 fully saturated rings. The molecule has 3 N–H and O–H groups in total. The topological polar surface area (TPSA) is 38.0 Å². The first-order valence-electron chi connectivity index (χ1n) is 3.14. The highest BCUT2D eigenvalue weighted by atomic mass is 14.8. The van der Waals surface area contributed by atoms with Gasteiger partial charge >= 0.3 is 0 Å². The number of rotatable bonds is 2. The van der Waals surface area contributed by atoms with E-state index in [9.17, 15) is 0 Å². The fraction of sp³-hybridized carbons (Fsp3) is 0.429. The second-order valence-corrected chi connectivity index (χ2v) is 2.11. The molecule has 0 radical (unpaired) electrons. The Kier molecular flexibility index (Phi) is 1.90. The maximum Gasteiger partial charge on any atom is 0.0175 e. The Morgan fingerprint density at radius 3 is 2.89 bits per heavy atom. The van der Waals surface area contributed by atoms with Gasteiger partial charge in [0.05, 0.1) is 0 Å². The van der Waals surface area contributed by atoms with Crippen molar-refractivity contribution >= 4 is 0 Å². The van der Waals surface area contributed by atoms with E-state index in [1.807, 2.05) is 7.05 Å². The summed E-state index contributed by atoms with van der Waals surface area (Å²) in [5.74, 6) is 0.